The van der Waals surface area contributed by atoms with E-state index in [4.69, 9.17) is 6.42 Å². The van der Waals surface area contributed by atoms with Crippen molar-refractivity contribution in [3.63, 3.8) is 0 Å². The SMILES string of the molecule is C#Cc1ccccc1.COC(=O)c1ccc(C=C(Br)Br)cc1. The summed E-state index contributed by atoms with van der Waals surface area (Å²) in [5, 5.41) is 0. The van der Waals surface area contributed by atoms with Gasteiger partial charge in [0, 0.05) is 5.56 Å². The summed E-state index contributed by atoms with van der Waals surface area (Å²) in [6.07, 6.45) is 6.99. The van der Waals surface area contributed by atoms with Gasteiger partial charge in [-0.05, 0) is 67.8 Å². The topological polar surface area (TPSA) is 26.3 Å². The molecule has 2 rings (SSSR count). The summed E-state index contributed by atoms with van der Waals surface area (Å²) in [4.78, 5) is 11.1. The number of hydrogen-bond acceptors (Lipinski definition) is 2. The number of carbonyl (C=O) groups excluding carboxylic acids is 1. The highest BCUT2D eigenvalue weighted by molar-refractivity contribution is 9.28. The average Bonchev–Trinajstić information content (AvgIpc) is 2.55. The van der Waals surface area contributed by atoms with Crippen LogP contribution in [0.3, 0.4) is 0 Å². The molecule has 4 heteroatoms. The number of terminal acetylenes is 1. The Bertz CT molecular complexity index is 664. The first-order chi connectivity index (χ1) is 10.6. The standard InChI is InChI=1S/C10H8Br2O2.C8H6/c1-14-10(13)8-4-2-7(3-5-8)6-9(11)12;1-2-8-6-4-3-5-7-8/h2-6H,1H3;1,3-7H. The normalized spacial score (nSPS) is 8.82. The van der Waals surface area contributed by atoms with E-state index in [9.17, 15) is 4.79 Å². The minimum atomic E-state index is -0.321. The van der Waals surface area contributed by atoms with Crippen molar-refractivity contribution in [3.8, 4) is 12.3 Å². The van der Waals surface area contributed by atoms with Crippen LogP contribution in [-0.4, -0.2) is 13.1 Å². The van der Waals surface area contributed by atoms with Gasteiger partial charge in [-0.2, -0.15) is 0 Å². The second-order valence-electron chi connectivity index (χ2n) is 4.06. The molecule has 0 heterocycles. The Morgan fingerprint density at radius 3 is 2.09 bits per heavy atom. The van der Waals surface area contributed by atoms with Gasteiger partial charge in [0.15, 0.2) is 0 Å². The van der Waals surface area contributed by atoms with E-state index in [0.717, 1.165) is 14.5 Å². The van der Waals surface area contributed by atoms with Gasteiger partial charge in [0.1, 0.15) is 0 Å². The van der Waals surface area contributed by atoms with Crippen molar-refractivity contribution in [2.45, 2.75) is 0 Å². The fourth-order valence-corrected chi connectivity index (χ4v) is 2.02. The largest absolute Gasteiger partial charge is 0.465 e. The Hall–Kier alpha value is -1.83. The molecule has 0 spiro atoms. The average molecular weight is 422 g/mol. The predicted molar refractivity (Wildman–Crippen MR) is 98.0 cm³/mol. The van der Waals surface area contributed by atoms with Crippen molar-refractivity contribution < 1.29 is 9.53 Å². The molecule has 0 fully saturated rings. The van der Waals surface area contributed by atoms with Crippen LogP contribution in [0.5, 0.6) is 0 Å². The molecule has 0 amide bonds. The Morgan fingerprint density at radius 1 is 1.09 bits per heavy atom. The van der Waals surface area contributed by atoms with Gasteiger partial charge in [0.25, 0.3) is 0 Å². The highest BCUT2D eigenvalue weighted by atomic mass is 79.9. The molecule has 0 aliphatic carbocycles. The van der Waals surface area contributed by atoms with E-state index >= 15 is 0 Å². The zero-order valence-corrected chi connectivity index (χ0v) is 15.1. The van der Waals surface area contributed by atoms with Crippen molar-refractivity contribution in [2.75, 3.05) is 7.11 Å². The minimum absolute atomic E-state index is 0.321. The summed E-state index contributed by atoms with van der Waals surface area (Å²) in [6.45, 7) is 0. The first-order valence-electron chi connectivity index (χ1n) is 6.29. The lowest BCUT2D eigenvalue weighted by Crippen LogP contribution is -2.00. The summed E-state index contributed by atoms with van der Waals surface area (Å²) in [5.41, 5.74) is 2.49. The van der Waals surface area contributed by atoms with E-state index in [1.165, 1.54) is 7.11 Å². The van der Waals surface area contributed by atoms with Crippen molar-refractivity contribution in [1.29, 1.82) is 0 Å². The molecule has 0 saturated heterocycles. The third-order valence-corrected chi connectivity index (χ3v) is 3.01. The summed E-state index contributed by atoms with van der Waals surface area (Å²) in [6, 6.07) is 16.7. The van der Waals surface area contributed by atoms with E-state index in [1.807, 2.05) is 48.5 Å². The van der Waals surface area contributed by atoms with Crippen molar-refractivity contribution >= 4 is 43.9 Å². The van der Waals surface area contributed by atoms with Gasteiger partial charge in [-0.15, -0.1) is 6.42 Å². The Balaban J connectivity index is 0.000000255. The summed E-state index contributed by atoms with van der Waals surface area (Å²) >= 11 is 6.52. The smallest absolute Gasteiger partial charge is 0.337 e. The van der Waals surface area contributed by atoms with Crippen LogP contribution >= 0.6 is 31.9 Å². The van der Waals surface area contributed by atoms with Gasteiger partial charge in [0.2, 0.25) is 0 Å². The number of methoxy groups -OCH3 is 1. The third-order valence-electron chi connectivity index (χ3n) is 2.55. The van der Waals surface area contributed by atoms with Crippen LogP contribution in [0.15, 0.2) is 58.0 Å². The van der Waals surface area contributed by atoms with Gasteiger partial charge < -0.3 is 4.74 Å². The molecule has 0 aliphatic rings. The second kappa shape index (κ2) is 9.99. The van der Waals surface area contributed by atoms with Crippen molar-refractivity contribution in [1.82, 2.24) is 0 Å². The number of rotatable bonds is 2. The first kappa shape index (κ1) is 18.2. The van der Waals surface area contributed by atoms with Crippen LogP contribution in [0.4, 0.5) is 0 Å². The summed E-state index contributed by atoms with van der Waals surface area (Å²) < 4.78 is 5.44. The molecule has 0 radical (unpaired) electrons. The maximum Gasteiger partial charge on any atom is 0.337 e. The molecule has 2 nitrogen and oxygen atoms in total. The third kappa shape index (κ3) is 6.75. The van der Waals surface area contributed by atoms with E-state index in [-0.39, 0.29) is 5.97 Å². The minimum Gasteiger partial charge on any atom is -0.465 e. The summed E-state index contributed by atoms with van der Waals surface area (Å²) in [7, 11) is 1.37. The fraction of sp³-hybridized carbons (Fsp3) is 0.0556. The Morgan fingerprint density at radius 2 is 1.68 bits per heavy atom. The molecule has 0 atom stereocenters. The maximum absolute atomic E-state index is 11.1. The van der Waals surface area contributed by atoms with Gasteiger partial charge >= 0.3 is 5.97 Å². The van der Waals surface area contributed by atoms with Gasteiger partial charge in [0.05, 0.1) is 16.1 Å². The molecule has 2 aromatic carbocycles. The number of benzene rings is 2. The zero-order chi connectivity index (χ0) is 16.4. The lowest BCUT2D eigenvalue weighted by atomic mass is 10.1. The molecular weight excluding hydrogens is 408 g/mol. The van der Waals surface area contributed by atoms with E-state index in [2.05, 4.69) is 42.5 Å². The molecule has 112 valence electrons. The van der Waals surface area contributed by atoms with Gasteiger partial charge in [-0.3, -0.25) is 0 Å². The molecule has 22 heavy (non-hydrogen) atoms. The molecule has 0 aliphatic heterocycles. The van der Waals surface area contributed by atoms with Crippen molar-refractivity contribution in [3.05, 3.63) is 74.7 Å². The number of esters is 1. The van der Waals surface area contributed by atoms with E-state index < -0.39 is 0 Å². The molecule has 0 bridgehead atoms. The number of halogens is 2. The Labute approximate surface area is 147 Å². The lowest BCUT2D eigenvalue weighted by Gasteiger charge is -1.99. The van der Waals surface area contributed by atoms with Crippen LogP contribution in [-0.2, 0) is 4.74 Å². The monoisotopic (exact) mass is 420 g/mol. The molecule has 0 aromatic heterocycles. The zero-order valence-electron chi connectivity index (χ0n) is 11.9. The van der Waals surface area contributed by atoms with Crippen molar-refractivity contribution in [2.24, 2.45) is 0 Å². The van der Waals surface area contributed by atoms with Crippen LogP contribution in [0, 0.1) is 12.3 Å². The molecule has 0 unspecified atom stereocenters. The number of hydrogen-bond donors (Lipinski definition) is 0. The van der Waals surface area contributed by atoms with E-state index in [1.54, 1.807) is 12.1 Å². The van der Waals surface area contributed by atoms with Crippen LogP contribution in [0.1, 0.15) is 21.5 Å². The van der Waals surface area contributed by atoms with Crippen LogP contribution < -0.4 is 0 Å². The molecule has 0 saturated carbocycles. The second-order valence-corrected chi connectivity index (χ2v) is 6.83. The molecule has 2 aromatic rings. The number of carbonyl (C=O) groups is 1. The maximum atomic E-state index is 11.1. The quantitative estimate of drug-likeness (QED) is 0.490. The first-order valence-corrected chi connectivity index (χ1v) is 7.88. The van der Waals surface area contributed by atoms with Gasteiger partial charge in [-0.1, -0.05) is 36.3 Å². The van der Waals surface area contributed by atoms with Gasteiger partial charge in [-0.25, -0.2) is 4.79 Å². The number of ether oxygens (including phenoxy) is 1. The van der Waals surface area contributed by atoms with E-state index in [0.29, 0.717) is 5.56 Å². The fourth-order valence-electron chi connectivity index (χ4n) is 1.49. The highest BCUT2D eigenvalue weighted by Crippen LogP contribution is 2.18. The predicted octanol–water partition coefficient (Wildman–Crippen LogP) is 5.23. The van der Waals surface area contributed by atoms with Crippen LogP contribution in [0.2, 0.25) is 0 Å². The highest BCUT2D eigenvalue weighted by Gasteiger charge is 2.03. The summed E-state index contributed by atoms with van der Waals surface area (Å²) in [5.74, 6) is 2.21. The molecular formula is C18H14Br2O2. The van der Waals surface area contributed by atoms with Crippen LogP contribution in [0.25, 0.3) is 6.08 Å². The molecule has 0 N–H and O–H groups in total. The Kier molecular flexibility index (Phi) is 8.27. The lowest BCUT2D eigenvalue weighted by molar-refractivity contribution is 0.0601.